The Kier molecular flexibility index (Phi) is 5.29. The van der Waals surface area contributed by atoms with E-state index in [1.165, 1.54) is 0 Å². The lowest BCUT2D eigenvalue weighted by molar-refractivity contribution is -0.128. The first-order chi connectivity index (χ1) is 9.54. The summed E-state index contributed by atoms with van der Waals surface area (Å²) in [5, 5.41) is 4.29. The van der Waals surface area contributed by atoms with Crippen LogP contribution in [0.5, 0.6) is 0 Å². The van der Waals surface area contributed by atoms with Crippen molar-refractivity contribution in [1.82, 2.24) is 10.2 Å². The van der Waals surface area contributed by atoms with E-state index < -0.39 is 0 Å². The van der Waals surface area contributed by atoms with Gasteiger partial charge in [0.1, 0.15) is 6.04 Å². The number of carbonyl (C=O) groups excluding carboxylic acids is 1. The molecule has 108 valence electrons. The molecule has 0 saturated carbocycles. The fraction of sp³-hybridized carbons (Fsp3) is 0.429. The second kappa shape index (κ2) is 6.78. The number of hydrogen-bond acceptors (Lipinski definition) is 3. The highest BCUT2D eigenvalue weighted by Gasteiger charge is 2.38. The van der Waals surface area contributed by atoms with Gasteiger partial charge in [0.05, 0.1) is 6.04 Å². The second-order valence-corrected chi connectivity index (χ2v) is 6.53. The topological polar surface area (TPSA) is 32.3 Å². The molecule has 0 radical (unpaired) electrons. The average Bonchev–Trinajstić information content (AvgIpc) is 2.70. The molecule has 0 aliphatic carbocycles. The first kappa shape index (κ1) is 15.6. The summed E-state index contributed by atoms with van der Waals surface area (Å²) < 4.78 is 0. The van der Waals surface area contributed by atoms with Gasteiger partial charge in [-0.15, -0.1) is 0 Å². The van der Waals surface area contributed by atoms with Crippen LogP contribution < -0.4 is 5.32 Å². The predicted molar refractivity (Wildman–Crippen MR) is 89.2 cm³/mol. The van der Waals surface area contributed by atoms with Crippen LogP contribution in [0.4, 0.5) is 0 Å². The largest absolute Gasteiger partial charge is 0.350 e. The molecule has 1 fully saturated rings. The van der Waals surface area contributed by atoms with Crippen molar-refractivity contribution in [3.05, 3.63) is 34.9 Å². The summed E-state index contributed by atoms with van der Waals surface area (Å²) in [6.45, 7) is 1.97. The molecule has 1 aromatic rings. The molecule has 1 N–H and O–H groups in total. The zero-order valence-corrected chi connectivity index (χ0v) is 13.8. The van der Waals surface area contributed by atoms with E-state index >= 15 is 0 Å². The van der Waals surface area contributed by atoms with Crippen molar-refractivity contribution in [2.75, 3.05) is 12.0 Å². The molecule has 0 spiro atoms. The van der Waals surface area contributed by atoms with E-state index in [1.807, 2.05) is 37.4 Å². The first-order valence-electron chi connectivity index (χ1n) is 6.42. The van der Waals surface area contributed by atoms with E-state index in [0.29, 0.717) is 10.1 Å². The number of rotatable bonds is 5. The van der Waals surface area contributed by atoms with Gasteiger partial charge in [0.25, 0.3) is 5.91 Å². The second-order valence-electron chi connectivity index (χ2n) is 4.72. The van der Waals surface area contributed by atoms with Gasteiger partial charge in [-0.1, -0.05) is 23.7 Å². The molecule has 2 unspecified atom stereocenters. The van der Waals surface area contributed by atoms with Crippen LogP contribution in [0.3, 0.4) is 0 Å². The minimum atomic E-state index is -0.198. The molecule has 1 aliphatic heterocycles. The highest BCUT2D eigenvalue weighted by molar-refractivity contribution is 7.98. The molecule has 2 rings (SSSR count). The number of amides is 1. The highest BCUT2D eigenvalue weighted by Crippen LogP contribution is 2.27. The van der Waals surface area contributed by atoms with E-state index in [1.54, 1.807) is 16.7 Å². The van der Waals surface area contributed by atoms with Gasteiger partial charge in [-0.2, -0.15) is 11.8 Å². The third-order valence-electron chi connectivity index (χ3n) is 3.38. The van der Waals surface area contributed by atoms with Crippen LogP contribution >= 0.6 is 35.6 Å². The summed E-state index contributed by atoms with van der Waals surface area (Å²) in [7, 11) is 0. The molecule has 1 heterocycles. The molecule has 1 aromatic carbocycles. The van der Waals surface area contributed by atoms with Gasteiger partial charge >= 0.3 is 0 Å². The normalized spacial score (nSPS) is 20.1. The fourth-order valence-electron chi connectivity index (χ4n) is 2.26. The van der Waals surface area contributed by atoms with Gasteiger partial charge in [-0.3, -0.25) is 9.69 Å². The molecule has 3 nitrogen and oxygen atoms in total. The fourth-order valence-corrected chi connectivity index (χ4v) is 3.32. The average molecular weight is 329 g/mol. The van der Waals surface area contributed by atoms with Crippen LogP contribution in [-0.4, -0.2) is 34.0 Å². The summed E-state index contributed by atoms with van der Waals surface area (Å²) in [5.41, 5.74) is 0.987. The summed E-state index contributed by atoms with van der Waals surface area (Å²) >= 11 is 13.0. The van der Waals surface area contributed by atoms with Crippen molar-refractivity contribution in [3.63, 3.8) is 0 Å². The molecule has 2 atom stereocenters. The van der Waals surface area contributed by atoms with Crippen LogP contribution in [-0.2, 0) is 4.79 Å². The van der Waals surface area contributed by atoms with Crippen LogP contribution in [0, 0.1) is 0 Å². The highest BCUT2D eigenvalue weighted by atomic mass is 35.5. The smallest absolute Gasteiger partial charge is 0.251 e. The van der Waals surface area contributed by atoms with E-state index in [2.05, 4.69) is 5.32 Å². The van der Waals surface area contributed by atoms with Crippen LogP contribution in [0.25, 0.3) is 0 Å². The van der Waals surface area contributed by atoms with E-state index in [4.69, 9.17) is 23.8 Å². The molecule has 1 saturated heterocycles. The number of carbonyl (C=O) groups is 1. The Morgan fingerprint density at radius 1 is 1.55 bits per heavy atom. The lowest BCUT2D eigenvalue weighted by Gasteiger charge is -2.23. The van der Waals surface area contributed by atoms with Crippen molar-refractivity contribution >= 4 is 46.6 Å². The maximum Gasteiger partial charge on any atom is 0.251 e. The summed E-state index contributed by atoms with van der Waals surface area (Å²) in [5.74, 6) is 0.988. The first-order valence-corrected chi connectivity index (χ1v) is 8.60. The lowest BCUT2D eigenvalue weighted by atomic mass is 10.1. The van der Waals surface area contributed by atoms with Crippen LogP contribution in [0.15, 0.2) is 24.3 Å². The van der Waals surface area contributed by atoms with Gasteiger partial charge in [0.15, 0.2) is 5.11 Å². The predicted octanol–water partition coefficient (Wildman–Crippen LogP) is 3.24. The van der Waals surface area contributed by atoms with E-state index in [0.717, 1.165) is 17.7 Å². The molecule has 20 heavy (non-hydrogen) atoms. The lowest BCUT2D eigenvalue weighted by Crippen LogP contribution is -2.34. The molecule has 1 aliphatic rings. The third-order valence-corrected chi connectivity index (χ3v) is 4.57. The van der Waals surface area contributed by atoms with Crippen molar-refractivity contribution in [3.8, 4) is 0 Å². The summed E-state index contributed by atoms with van der Waals surface area (Å²) in [6, 6.07) is 7.23. The summed E-state index contributed by atoms with van der Waals surface area (Å²) in [4.78, 5) is 14.1. The van der Waals surface area contributed by atoms with Crippen molar-refractivity contribution < 1.29 is 4.79 Å². The zero-order chi connectivity index (χ0) is 14.7. The monoisotopic (exact) mass is 328 g/mol. The van der Waals surface area contributed by atoms with E-state index in [-0.39, 0.29) is 18.0 Å². The van der Waals surface area contributed by atoms with E-state index in [9.17, 15) is 4.79 Å². The SMILES string of the molecule is CSCCC1NC(=S)N(C(C)c2cccc(Cl)c2)C1=O. The number of halogens is 1. The molecule has 0 aromatic heterocycles. The van der Waals surface area contributed by atoms with Crippen molar-refractivity contribution in [2.24, 2.45) is 0 Å². The van der Waals surface area contributed by atoms with Crippen molar-refractivity contribution in [2.45, 2.75) is 25.4 Å². The number of nitrogens with one attached hydrogen (secondary N) is 1. The number of nitrogens with zero attached hydrogens (tertiary/aromatic N) is 1. The van der Waals surface area contributed by atoms with Crippen molar-refractivity contribution in [1.29, 1.82) is 0 Å². The zero-order valence-electron chi connectivity index (χ0n) is 11.4. The Hall–Kier alpha value is -0.780. The van der Waals surface area contributed by atoms with Gasteiger partial charge < -0.3 is 5.32 Å². The molecule has 1 amide bonds. The minimum Gasteiger partial charge on any atom is -0.350 e. The minimum absolute atomic E-state index is 0.0523. The Morgan fingerprint density at radius 2 is 2.30 bits per heavy atom. The Morgan fingerprint density at radius 3 is 2.95 bits per heavy atom. The standard InChI is InChI=1S/C14H17ClN2OS2/c1-9(10-4-3-5-11(15)8-10)17-13(18)12(6-7-20-2)16-14(17)19/h3-5,8-9,12H,6-7H2,1-2H3,(H,16,19). The van der Waals surface area contributed by atoms with Gasteiger partial charge in [-0.05, 0) is 55.3 Å². The number of thioether (sulfide) groups is 1. The maximum atomic E-state index is 12.5. The Balaban J connectivity index is 2.15. The molecule has 6 heteroatoms. The Labute approximate surface area is 134 Å². The van der Waals surface area contributed by atoms with Gasteiger partial charge in [0, 0.05) is 5.02 Å². The quantitative estimate of drug-likeness (QED) is 0.841. The van der Waals surface area contributed by atoms with Crippen LogP contribution in [0.1, 0.15) is 24.9 Å². The molecule has 0 bridgehead atoms. The van der Waals surface area contributed by atoms with Gasteiger partial charge in [0.2, 0.25) is 0 Å². The summed E-state index contributed by atoms with van der Waals surface area (Å²) in [6.07, 6.45) is 2.82. The number of thiocarbonyl (C=S) groups is 1. The molecular weight excluding hydrogens is 312 g/mol. The molecular formula is C14H17ClN2OS2. The van der Waals surface area contributed by atoms with Gasteiger partial charge in [-0.25, -0.2) is 0 Å². The Bertz CT molecular complexity index is 524. The maximum absolute atomic E-state index is 12.5. The van der Waals surface area contributed by atoms with Crippen LogP contribution in [0.2, 0.25) is 5.02 Å². The number of hydrogen-bond donors (Lipinski definition) is 1. The number of benzene rings is 1. The third kappa shape index (κ3) is 3.27.